The molecule has 0 bridgehead atoms. The Balaban J connectivity index is -0.0000000800. The van der Waals surface area contributed by atoms with E-state index in [2.05, 4.69) is 0 Å². The number of halogens is 1. The summed E-state index contributed by atoms with van der Waals surface area (Å²) < 4.78 is 10.5. The molecule has 0 aromatic heterocycles. The van der Waals surface area contributed by atoms with Crippen LogP contribution in [0.25, 0.3) is 0 Å². The van der Waals surface area contributed by atoms with Crippen LogP contribution in [0.15, 0.2) is 0 Å². The predicted octanol–water partition coefficient (Wildman–Crippen LogP) is -1.64. The van der Waals surface area contributed by atoms with Crippen molar-refractivity contribution in [3.8, 4) is 0 Å². The molecule has 0 spiro atoms. The zero-order valence-corrected chi connectivity index (χ0v) is 5.90. The summed E-state index contributed by atoms with van der Waals surface area (Å²) >= 11 is 0. The molecular weight excluding hydrogens is 213 g/mol. The number of hydrogen-bond donors (Lipinski definition) is 3. The normalized spacial score (nSPS) is 8.57. The van der Waals surface area contributed by atoms with Gasteiger partial charge in [0.25, 0.3) is 0 Å². The minimum absolute atomic E-state index is 0. The molecule has 0 heterocycles. The Kier molecular flexibility index (Phi) is 11.6. The van der Waals surface area contributed by atoms with E-state index in [4.69, 9.17) is 14.4 Å². The Morgan fingerprint density at radius 1 is 1.14 bits per heavy atom. The predicted molar refractivity (Wildman–Crippen MR) is 13.5 cm³/mol. The Labute approximate surface area is 61.2 Å². The molecule has 0 aliphatic heterocycles. The van der Waals surface area contributed by atoms with Crippen LogP contribution in [0.1, 0.15) is 0 Å². The van der Waals surface area contributed by atoms with Crippen LogP contribution in [0.3, 0.4) is 0 Å². The van der Waals surface area contributed by atoms with Crippen LogP contribution in [-0.4, -0.2) is 23.5 Å². The second kappa shape index (κ2) is 5.17. The van der Waals surface area contributed by atoms with E-state index in [0.29, 0.717) is 0 Å². The average Bonchev–Trinajstić information content (AvgIpc) is 0.722. The molecule has 0 amide bonds. The van der Waals surface area contributed by atoms with Gasteiger partial charge < -0.3 is 14.4 Å². The van der Waals surface area contributed by atoms with E-state index < -0.39 is 9.14 Å². The van der Waals surface area contributed by atoms with E-state index in [9.17, 15) is 4.11 Å². The maximum Gasteiger partial charge on any atom is 0.711 e. The third kappa shape index (κ3) is 168. The van der Waals surface area contributed by atoms with Crippen LogP contribution in [0.4, 0.5) is 4.11 Å². The van der Waals surface area contributed by atoms with Crippen molar-refractivity contribution in [3.63, 3.8) is 0 Å². The first kappa shape index (κ1) is 15.7. The van der Waals surface area contributed by atoms with Crippen molar-refractivity contribution >= 4 is 9.14 Å². The molecule has 0 aromatic rings. The first-order valence-corrected chi connectivity index (χ1v) is 2.58. The van der Waals surface area contributed by atoms with Gasteiger partial charge in [-0.15, -0.1) is 0 Å². The van der Waals surface area contributed by atoms with E-state index in [1.54, 1.807) is 0 Å². The summed E-state index contributed by atoms with van der Waals surface area (Å²) in [7, 11) is -5.11. The van der Waals surface area contributed by atoms with Crippen molar-refractivity contribution in [1.29, 1.82) is 0 Å². The van der Waals surface area contributed by atoms with Gasteiger partial charge in [0.1, 0.15) is 0 Å². The molecule has 51 valence electrons. The third-order valence-corrected chi connectivity index (χ3v) is 0. The van der Waals surface area contributed by atoms with Crippen LogP contribution >= 0.6 is 0 Å². The van der Waals surface area contributed by atoms with E-state index in [-0.39, 0.29) is 33.3 Å². The van der Waals surface area contributed by atoms with Gasteiger partial charge in [-0.1, -0.05) is 0 Å². The molecule has 0 atom stereocenters. The smallest absolute Gasteiger partial charge is 0.365 e. The second-order valence-electron chi connectivity index (χ2n) is 0.554. The van der Waals surface area contributed by atoms with E-state index in [1.165, 1.54) is 0 Å². The monoisotopic (exact) mass is 215 g/mol. The van der Waals surface area contributed by atoms with E-state index in [1.807, 2.05) is 0 Å². The summed E-state index contributed by atoms with van der Waals surface area (Å²) in [4.78, 5) is 21.3. The summed E-state index contributed by atoms with van der Waals surface area (Å²) in [6, 6.07) is 0. The maximum atomic E-state index is 10.5. The first-order chi connectivity index (χ1) is 2.00. The Hall–Kier alpha value is 1.03. The van der Waals surface area contributed by atoms with Crippen molar-refractivity contribution < 1.29 is 51.8 Å². The Bertz CT molecular complexity index is 30.4. The van der Waals surface area contributed by atoms with Gasteiger partial charge in [0.05, 0.1) is 0 Å². The summed E-state index contributed by atoms with van der Waals surface area (Å²) in [6.07, 6.45) is 0. The number of hydrogen-bond acceptors (Lipinski definition) is 3. The first-order valence-electron chi connectivity index (χ1n) is 0.860. The van der Waals surface area contributed by atoms with Gasteiger partial charge in [-0.25, -0.2) is 4.11 Å². The zero-order valence-electron chi connectivity index (χ0n) is 2.87. The molecule has 3 nitrogen and oxygen atoms in total. The molecule has 1 radical (unpaired) electrons. The largest absolute Gasteiger partial charge is 0.711 e. The van der Waals surface area contributed by atoms with E-state index in [0.717, 1.165) is 0 Å². The van der Waals surface area contributed by atoms with Crippen LogP contribution in [-0.2, 0) is 33.3 Å². The van der Waals surface area contributed by atoms with Crippen LogP contribution in [0.5, 0.6) is 0 Å². The molecule has 0 unspecified atom stereocenters. The molecule has 0 saturated heterocycles. The van der Waals surface area contributed by atoms with Crippen molar-refractivity contribution in [2.75, 3.05) is 0 Å². The van der Waals surface area contributed by atoms with Gasteiger partial charge in [-0.05, 0) is 0 Å². The topological polar surface area (TPSA) is 60.7 Å². The third-order valence-electron chi connectivity index (χ3n) is 0. The van der Waals surface area contributed by atoms with Crippen molar-refractivity contribution in [3.05, 3.63) is 0 Å². The summed E-state index contributed by atoms with van der Waals surface area (Å²) in [5.41, 5.74) is 0. The average molecular weight is 216 g/mol. The second-order valence-corrected chi connectivity index (χ2v) is 1.66. The van der Waals surface area contributed by atoms with Crippen LogP contribution < -0.4 is 0 Å². The van der Waals surface area contributed by atoms with E-state index >= 15 is 0 Å². The van der Waals surface area contributed by atoms with Crippen LogP contribution in [0, 0.1) is 0 Å². The van der Waals surface area contributed by atoms with Crippen LogP contribution in [0.2, 0.25) is 0 Å². The molecule has 0 aromatic carbocycles. The van der Waals surface area contributed by atoms with Gasteiger partial charge in [-0.2, -0.15) is 0 Å². The Morgan fingerprint density at radius 3 is 1.14 bits per heavy atom. The molecule has 3 N–H and O–H groups in total. The SMILES string of the molecule is O[Si](O)(O)F.[Co].[Ni]. The molecular formula is H3CoFNiO3Si. The fraction of sp³-hybridized carbons (Fsp3) is 0. The van der Waals surface area contributed by atoms with Crippen molar-refractivity contribution in [1.82, 2.24) is 0 Å². The minimum Gasteiger partial charge on any atom is -0.365 e. The maximum absolute atomic E-state index is 10.5. The molecule has 7 heteroatoms. The zero-order chi connectivity index (χ0) is 4.50. The fourth-order valence-electron chi connectivity index (χ4n) is 0. The van der Waals surface area contributed by atoms with Gasteiger partial charge in [0.15, 0.2) is 0 Å². The van der Waals surface area contributed by atoms with Gasteiger partial charge in [0, 0.05) is 33.3 Å². The standard InChI is InChI=1S/Co.FH3O3Si.Ni/c;1-5(2,3)4;/h;2-4H;. The summed E-state index contributed by atoms with van der Waals surface area (Å²) in [6.45, 7) is 0. The Morgan fingerprint density at radius 2 is 1.14 bits per heavy atom. The number of rotatable bonds is 0. The fourth-order valence-corrected chi connectivity index (χ4v) is 0. The molecule has 0 aliphatic rings. The van der Waals surface area contributed by atoms with Gasteiger partial charge >= 0.3 is 9.14 Å². The van der Waals surface area contributed by atoms with Gasteiger partial charge in [0.2, 0.25) is 0 Å². The molecule has 0 aliphatic carbocycles. The molecule has 7 heavy (non-hydrogen) atoms. The van der Waals surface area contributed by atoms with Gasteiger partial charge in [-0.3, -0.25) is 0 Å². The summed E-state index contributed by atoms with van der Waals surface area (Å²) in [5.74, 6) is 0. The molecule has 0 fully saturated rings. The van der Waals surface area contributed by atoms with Crippen molar-refractivity contribution in [2.45, 2.75) is 0 Å². The van der Waals surface area contributed by atoms with Crippen molar-refractivity contribution in [2.24, 2.45) is 0 Å². The quantitative estimate of drug-likeness (QED) is 0.336. The molecule has 0 rings (SSSR count). The molecule has 0 saturated carbocycles. The summed E-state index contributed by atoms with van der Waals surface area (Å²) in [5, 5.41) is 0. The minimum atomic E-state index is -5.11.